The van der Waals surface area contributed by atoms with Gasteiger partial charge in [0.15, 0.2) is 5.69 Å². The molecular formula is C31H26F2N6O5S. The summed E-state index contributed by atoms with van der Waals surface area (Å²) < 4.78 is 63.4. The largest absolute Gasteiger partial charge is 0.495 e. The van der Waals surface area contributed by atoms with Crippen molar-refractivity contribution in [1.82, 2.24) is 14.1 Å². The number of halogens is 2. The number of fused-ring (bicyclic) bond motifs is 3. The molecule has 1 saturated heterocycles. The topological polar surface area (TPSA) is 138 Å². The Kier molecular flexibility index (Phi) is 7.38. The molecule has 0 radical (unpaired) electrons. The van der Waals surface area contributed by atoms with Gasteiger partial charge >= 0.3 is 0 Å². The van der Waals surface area contributed by atoms with E-state index in [-0.39, 0.29) is 58.2 Å². The maximum Gasteiger partial charge on any atom is 0.298 e. The van der Waals surface area contributed by atoms with Gasteiger partial charge in [-0.1, -0.05) is 42.5 Å². The smallest absolute Gasteiger partial charge is 0.298 e. The highest BCUT2D eigenvalue weighted by Crippen LogP contribution is 2.41. The maximum atomic E-state index is 15.3. The third-order valence-corrected chi connectivity index (χ3v) is 9.27. The Bertz CT molecular complexity index is 1960. The fourth-order valence-corrected chi connectivity index (χ4v) is 6.62. The van der Waals surface area contributed by atoms with Crippen LogP contribution in [-0.2, 0) is 15.9 Å². The van der Waals surface area contributed by atoms with E-state index in [4.69, 9.17) is 4.74 Å². The van der Waals surface area contributed by atoms with E-state index in [2.05, 4.69) is 10.4 Å². The molecule has 6 rings (SSSR count). The fraction of sp³-hybridized carbons (Fsp3) is 0.226. The molecule has 0 aliphatic carbocycles. The normalized spacial score (nSPS) is 18.2. The molecule has 1 unspecified atom stereocenters. The van der Waals surface area contributed by atoms with Crippen molar-refractivity contribution >= 4 is 33.2 Å². The van der Waals surface area contributed by atoms with Crippen LogP contribution in [0.5, 0.6) is 5.75 Å². The Hall–Kier alpha value is -5.13. The van der Waals surface area contributed by atoms with Gasteiger partial charge in [0.05, 0.1) is 42.9 Å². The number of benzene rings is 3. The Morgan fingerprint density at radius 3 is 2.36 bits per heavy atom. The van der Waals surface area contributed by atoms with Crippen LogP contribution in [0.3, 0.4) is 0 Å². The molecule has 2 aliphatic rings. The van der Waals surface area contributed by atoms with Crippen LogP contribution in [-0.4, -0.2) is 66.8 Å². The molecule has 45 heavy (non-hydrogen) atoms. The molecule has 11 nitrogen and oxygen atoms in total. The first-order valence-corrected chi connectivity index (χ1v) is 15.6. The summed E-state index contributed by atoms with van der Waals surface area (Å²) in [5.74, 6) is -4.23. The zero-order valence-corrected chi connectivity index (χ0v) is 24.8. The van der Waals surface area contributed by atoms with Crippen molar-refractivity contribution in [3.63, 3.8) is 0 Å². The van der Waals surface area contributed by atoms with Gasteiger partial charge in [-0.15, -0.1) is 0 Å². The van der Waals surface area contributed by atoms with Crippen molar-refractivity contribution < 1.29 is 31.5 Å². The highest BCUT2D eigenvalue weighted by Gasteiger charge is 2.50. The summed E-state index contributed by atoms with van der Waals surface area (Å²) in [6, 6.07) is 17.5. The van der Waals surface area contributed by atoms with E-state index < -0.39 is 39.8 Å². The first-order valence-electron chi connectivity index (χ1n) is 13.7. The number of carbonyl (C=O) groups is 2. The van der Waals surface area contributed by atoms with Gasteiger partial charge in [0.25, 0.3) is 17.7 Å². The van der Waals surface area contributed by atoms with Crippen LogP contribution >= 0.6 is 0 Å². The average Bonchev–Trinajstić information content (AvgIpc) is 3.67. The summed E-state index contributed by atoms with van der Waals surface area (Å²) in [5.41, 5.74) is 0.132. The number of nitrogens with one attached hydrogen (secondary N) is 1. The van der Waals surface area contributed by atoms with Gasteiger partial charge in [0.2, 0.25) is 10.0 Å². The van der Waals surface area contributed by atoms with Gasteiger partial charge in [-0.3, -0.25) is 14.3 Å². The number of methoxy groups -OCH3 is 1. The van der Waals surface area contributed by atoms with Gasteiger partial charge in [0.1, 0.15) is 11.8 Å². The van der Waals surface area contributed by atoms with Crippen molar-refractivity contribution in [2.75, 3.05) is 36.7 Å². The lowest BCUT2D eigenvalue weighted by molar-refractivity contribution is 0.0428. The predicted octanol–water partition coefficient (Wildman–Crippen LogP) is 4.00. The SMILES string of the molecule is COc1ccc(C(=O)Nc2cnn3c2C(=O)N(c2ccc(C(F)(F)c4ccccc4)cc2)C2CN(S(C)(=O)=O)C[C@@H]23)cc1C#N. The third-order valence-electron chi connectivity index (χ3n) is 8.03. The molecule has 2 atom stereocenters. The Balaban J connectivity index is 1.37. The van der Waals surface area contributed by atoms with Crippen molar-refractivity contribution in [3.05, 3.63) is 107 Å². The molecule has 3 heterocycles. The minimum absolute atomic E-state index is 0.00349. The van der Waals surface area contributed by atoms with Gasteiger partial charge in [-0.05, 0) is 30.3 Å². The van der Waals surface area contributed by atoms with Gasteiger partial charge in [-0.2, -0.15) is 23.4 Å². The number of nitrogens with zero attached hydrogens (tertiary/aromatic N) is 5. The molecule has 230 valence electrons. The number of anilines is 2. The van der Waals surface area contributed by atoms with Crippen molar-refractivity contribution in [2.45, 2.75) is 18.0 Å². The first-order chi connectivity index (χ1) is 21.4. The van der Waals surface area contributed by atoms with E-state index in [1.165, 1.54) is 93.9 Å². The monoisotopic (exact) mass is 632 g/mol. The highest BCUT2D eigenvalue weighted by atomic mass is 32.2. The number of alkyl halides is 2. The minimum Gasteiger partial charge on any atom is -0.495 e. The summed E-state index contributed by atoms with van der Waals surface area (Å²) in [7, 11) is -2.26. The number of carbonyl (C=O) groups excluding carboxylic acids is 2. The number of sulfonamides is 1. The standard InChI is InChI=1S/C31H26F2N6O5S/c1-44-27-13-8-19(14-20(27)15-34)29(40)36-24-16-35-39-26-18-37(45(2,42)43)17-25(26)38(30(41)28(24)39)23-11-9-22(10-12-23)31(32,33)21-6-4-3-5-7-21/h3-14,16,25-26H,17-18H2,1-2H3,(H,36,40)/t25?,26-/m0/s1. The second-order valence-corrected chi connectivity index (χ2v) is 12.7. The zero-order chi connectivity index (χ0) is 32.1. The van der Waals surface area contributed by atoms with E-state index in [9.17, 15) is 23.3 Å². The minimum atomic E-state index is -3.66. The Morgan fingerprint density at radius 2 is 1.71 bits per heavy atom. The van der Waals surface area contributed by atoms with Crippen LogP contribution in [0.4, 0.5) is 20.2 Å². The zero-order valence-electron chi connectivity index (χ0n) is 24.0. The summed E-state index contributed by atoms with van der Waals surface area (Å²) in [6.45, 7) is -0.0372. The van der Waals surface area contributed by atoms with Crippen LogP contribution in [0, 0.1) is 11.3 Å². The number of aromatic nitrogens is 2. The van der Waals surface area contributed by atoms with E-state index >= 15 is 8.78 Å². The number of rotatable bonds is 7. The molecule has 2 aliphatic heterocycles. The molecule has 1 fully saturated rings. The quantitative estimate of drug-likeness (QED) is 0.325. The second-order valence-electron chi connectivity index (χ2n) is 10.7. The van der Waals surface area contributed by atoms with E-state index in [0.717, 1.165) is 6.26 Å². The molecule has 2 amide bonds. The molecule has 1 aromatic heterocycles. The lowest BCUT2D eigenvalue weighted by Gasteiger charge is -2.37. The van der Waals surface area contributed by atoms with Crippen molar-refractivity contribution in [1.29, 1.82) is 5.26 Å². The molecule has 4 aromatic rings. The van der Waals surface area contributed by atoms with Gasteiger partial charge in [-0.25, -0.2) is 8.42 Å². The van der Waals surface area contributed by atoms with Crippen LogP contribution < -0.4 is 15.0 Å². The predicted molar refractivity (Wildman–Crippen MR) is 160 cm³/mol. The van der Waals surface area contributed by atoms with Gasteiger partial charge in [0, 0.05) is 35.5 Å². The maximum absolute atomic E-state index is 15.3. The van der Waals surface area contributed by atoms with Crippen LogP contribution in [0.15, 0.2) is 79.0 Å². The number of nitriles is 1. The van der Waals surface area contributed by atoms with Crippen LogP contribution in [0.25, 0.3) is 0 Å². The molecule has 1 N–H and O–H groups in total. The molecule has 0 spiro atoms. The summed E-state index contributed by atoms with van der Waals surface area (Å²) in [5, 5.41) is 16.4. The Morgan fingerprint density at radius 1 is 1.04 bits per heavy atom. The second kappa shape index (κ2) is 11.1. The third kappa shape index (κ3) is 5.19. The number of ether oxygens (including phenoxy) is 1. The molecule has 14 heteroatoms. The fourth-order valence-electron chi connectivity index (χ4n) is 5.77. The highest BCUT2D eigenvalue weighted by molar-refractivity contribution is 7.88. The number of amides is 2. The average molecular weight is 633 g/mol. The summed E-state index contributed by atoms with van der Waals surface area (Å²) in [4.78, 5) is 28.7. The molecule has 0 bridgehead atoms. The molecule has 0 saturated carbocycles. The number of hydrogen-bond acceptors (Lipinski definition) is 7. The van der Waals surface area contributed by atoms with E-state index in [1.807, 2.05) is 6.07 Å². The van der Waals surface area contributed by atoms with Gasteiger partial charge < -0.3 is 15.0 Å². The van der Waals surface area contributed by atoms with E-state index in [0.29, 0.717) is 0 Å². The molecule has 3 aromatic carbocycles. The van der Waals surface area contributed by atoms with Crippen molar-refractivity contribution in [2.24, 2.45) is 0 Å². The molecular weight excluding hydrogens is 606 g/mol. The lowest BCUT2D eigenvalue weighted by Crippen LogP contribution is -2.51. The van der Waals surface area contributed by atoms with Crippen molar-refractivity contribution in [3.8, 4) is 11.8 Å². The van der Waals surface area contributed by atoms with Crippen LogP contribution in [0.1, 0.15) is 43.6 Å². The lowest BCUT2D eigenvalue weighted by atomic mass is 9.99. The number of hydrogen-bond donors (Lipinski definition) is 1. The van der Waals surface area contributed by atoms with E-state index in [1.54, 1.807) is 6.07 Å². The first kappa shape index (κ1) is 29.9. The summed E-state index contributed by atoms with van der Waals surface area (Å²) >= 11 is 0. The van der Waals surface area contributed by atoms with Crippen LogP contribution in [0.2, 0.25) is 0 Å². The Labute approximate surface area is 257 Å². The summed E-state index contributed by atoms with van der Waals surface area (Å²) in [6.07, 6.45) is 2.37.